The van der Waals surface area contributed by atoms with Gasteiger partial charge in [-0.1, -0.05) is 35.9 Å². The minimum atomic E-state index is -0.337. The van der Waals surface area contributed by atoms with Gasteiger partial charge in [-0.25, -0.2) is 9.37 Å². The molecule has 0 atom stereocenters. The van der Waals surface area contributed by atoms with Crippen LogP contribution in [0.5, 0.6) is 0 Å². The van der Waals surface area contributed by atoms with Crippen LogP contribution in [0.2, 0.25) is 5.02 Å². The zero-order valence-corrected chi connectivity index (χ0v) is 18.4. The fourth-order valence-electron chi connectivity index (χ4n) is 3.74. The lowest BCUT2D eigenvalue weighted by Gasteiger charge is -2.31. The van der Waals surface area contributed by atoms with Crippen molar-refractivity contribution in [2.45, 2.75) is 19.3 Å². The van der Waals surface area contributed by atoms with Crippen LogP contribution in [0, 0.1) is 11.7 Å². The summed E-state index contributed by atoms with van der Waals surface area (Å²) >= 11 is 5.90. The van der Waals surface area contributed by atoms with Gasteiger partial charge in [0.05, 0.1) is 5.69 Å². The molecule has 0 unspecified atom stereocenters. The van der Waals surface area contributed by atoms with Gasteiger partial charge >= 0.3 is 0 Å². The van der Waals surface area contributed by atoms with E-state index in [-0.39, 0.29) is 17.6 Å². The molecule has 1 fully saturated rings. The summed E-state index contributed by atoms with van der Waals surface area (Å²) in [7, 11) is 0. The third kappa shape index (κ3) is 5.73. The fraction of sp³-hybridized carbons (Fsp3) is 0.292. The Balaban J connectivity index is 1.26. The molecular weight excluding hydrogens is 429 g/mol. The molecule has 0 aliphatic carbocycles. The van der Waals surface area contributed by atoms with Gasteiger partial charge in [-0.05, 0) is 55.2 Å². The molecule has 1 aromatic heterocycles. The molecule has 1 aliphatic heterocycles. The first-order valence-corrected chi connectivity index (χ1v) is 11.1. The normalized spacial score (nSPS) is 14.2. The molecule has 4 rings (SSSR count). The molecule has 0 bridgehead atoms. The quantitative estimate of drug-likeness (QED) is 0.547. The molecule has 32 heavy (non-hydrogen) atoms. The molecule has 0 spiro atoms. The lowest BCUT2D eigenvalue weighted by atomic mass is 9.96. The van der Waals surface area contributed by atoms with Crippen LogP contribution in [0.25, 0.3) is 0 Å². The SMILES string of the molecule is O=C(NCCc1ccc(Cl)cc1)C1CCN(c2nccc(Nc3ccccc3F)n2)CC1. The highest BCUT2D eigenvalue weighted by atomic mass is 35.5. The predicted molar refractivity (Wildman–Crippen MR) is 125 cm³/mol. The topological polar surface area (TPSA) is 70.2 Å². The molecule has 6 nitrogen and oxygen atoms in total. The van der Waals surface area contributed by atoms with Gasteiger partial charge in [0.2, 0.25) is 11.9 Å². The first-order chi connectivity index (χ1) is 15.6. The van der Waals surface area contributed by atoms with Gasteiger partial charge in [-0.2, -0.15) is 4.98 Å². The number of carbonyl (C=O) groups is 1. The van der Waals surface area contributed by atoms with E-state index in [1.54, 1.807) is 30.5 Å². The van der Waals surface area contributed by atoms with Crippen LogP contribution in [0.4, 0.5) is 21.8 Å². The average Bonchev–Trinajstić information content (AvgIpc) is 2.82. The maximum absolute atomic E-state index is 13.9. The van der Waals surface area contributed by atoms with Crippen molar-refractivity contribution < 1.29 is 9.18 Å². The Bertz CT molecular complexity index is 1050. The minimum Gasteiger partial charge on any atom is -0.356 e. The van der Waals surface area contributed by atoms with Crippen molar-refractivity contribution >= 4 is 35.0 Å². The van der Waals surface area contributed by atoms with E-state index in [4.69, 9.17) is 11.6 Å². The third-order valence-corrected chi connectivity index (χ3v) is 5.81. The molecular formula is C24H25ClFN5O. The number of benzene rings is 2. The van der Waals surface area contributed by atoms with Crippen molar-refractivity contribution in [2.75, 3.05) is 29.9 Å². The smallest absolute Gasteiger partial charge is 0.227 e. The van der Waals surface area contributed by atoms with Crippen LogP contribution in [-0.2, 0) is 11.2 Å². The molecule has 0 radical (unpaired) electrons. The number of aromatic nitrogens is 2. The van der Waals surface area contributed by atoms with Crippen LogP contribution in [-0.4, -0.2) is 35.5 Å². The van der Waals surface area contributed by atoms with Crippen molar-refractivity contribution in [3.05, 3.63) is 77.2 Å². The van der Waals surface area contributed by atoms with Crippen LogP contribution >= 0.6 is 11.6 Å². The fourth-order valence-corrected chi connectivity index (χ4v) is 3.86. The Hall–Kier alpha value is -3.19. The summed E-state index contributed by atoms with van der Waals surface area (Å²) in [5.74, 6) is 0.844. The second-order valence-corrected chi connectivity index (χ2v) is 8.21. The molecule has 8 heteroatoms. The Morgan fingerprint density at radius 3 is 2.59 bits per heavy atom. The Kier molecular flexibility index (Phi) is 7.17. The number of nitrogens with one attached hydrogen (secondary N) is 2. The maximum atomic E-state index is 13.9. The van der Waals surface area contributed by atoms with Crippen LogP contribution in [0.1, 0.15) is 18.4 Å². The van der Waals surface area contributed by atoms with E-state index >= 15 is 0 Å². The van der Waals surface area contributed by atoms with Gasteiger partial charge in [0, 0.05) is 36.8 Å². The number of piperidine rings is 1. The lowest BCUT2D eigenvalue weighted by molar-refractivity contribution is -0.125. The Labute approximate surface area is 191 Å². The monoisotopic (exact) mass is 453 g/mol. The van der Waals surface area contributed by atoms with Crippen molar-refractivity contribution in [3.63, 3.8) is 0 Å². The van der Waals surface area contributed by atoms with Gasteiger partial charge in [-0.3, -0.25) is 4.79 Å². The van der Waals surface area contributed by atoms with Gasteiger partial charge in [0.25, 0.3) is 0 Å². The highest BCUT2D eigenvalue weighted by Gasteiger charge is 2.26. The number of amides is 1. The van der Waals surface area contributed by atoms with E-state index < -0.39 is 0 Å². The summed E-state index contributed by atoms with van der Waals surface area (Å²) in [6, 6.07) is 15.8. The van der Waals surface area contributed by atoms with Crippen LogP contribution in [0.3, 0.4) is 0 Å². The van der Waals surface area contributed by atoms with E-state index in [9.17, 15) is 9.18 Å². The molecule has 1 saturated heterocycles. The van der Waals surface area contributed by atoms with Crippen LogP contribution < -0.4 is 15.5 Å². The first kappa shape index (κ1) is 22.0. The van der Waals surface area contributed by atoms with Crippen molar-refractivity contribution in [1.29, 1.82) is 0 Å². The number of carbonyl (C=O) groups excluding carboxylic acids is 1. The van der Waals surface area contributed by atoms with Crippen molar-refractivity contribution in [2.24, 2.45) is 5.92 Å². The number of rotatable bonds is 7. The number of anilines is 3. The molecule has 0 saturated carbocycles. The van der Waals surface area contributed by atoms with Gasteiger partial charge in [0.15, 0.2) is 0 Å². The van der Waals surface area contributed by atoms with E-state index in [0.717, 1.165) is 24.8 Å². The van der Waals surface area contributed by atoms with Crippen LogP contribution in [0.15, 0.2) is 60.8 Å². The van der Waals surface area contributed by atoms with E-state index in [1.807, 2.05) is 24.3 Å². The molecule has 166 valence electrons. The summed E-state index contributed by atoms with van der Waals surface area (Å²) in [6.45, 7) is 1.99. The number of halogens is 2. The zero-order valence-electron chi connectivity index (χ0n) is 17.6. The number of para-hydroxylation sites is 1. The molecule has 2 aromatic carbocycles. The zero-order chi connectivity index (χ0) is 22.3. The predicted octanol–water partition coefficient (Wildman–Crippen LogP) is 4.59. The highest BCUT2D eigenvalue weighted by molar-refractivity contribution is 6.30. The maximum Gasteiger partial charge on any atom is 0.227 e. The highest BCUT2D eigenvalue weighted by Crippen LogP contribution is 2.23. The number of nitrogens with zero attached hydrogens (tertiary/aromatic N) is 3. The summed E-state index contributed by atoms with van der Waals surface area (Å²) in [5.41, 5.74) is 1.51. The van der Waals surface area contributed by atoms with E-state index in [1.165, 1.54) is 6.07 Å². The molecule has 2 N–H and O–H groups in total. The molecule has 1 aliphatic rings. The van der Waals surface area contributed by atoms with Gasteiger partial charge < -0.3 is 15.5 Å². The van der Waals surface area contributed by atoms with Gasteiger partial charge in [-0.15, -0.1) is 0 Å². The second kappa shape index (κ2) is 10.4. The summed E-state index contributed by atoms with van der Waals surface area (Å²) in [6.07, 6.45) is 3.90. The Morgan fingerprint density at radius 1 is 1.09 bits per heavy atom. The Morgan fingerprint density at radius 2 is 1.84 bits per heavy atom. The van der Waals surface area contributed by atoms with E-state index in [0.29, 0.717) is 42.1 Å². The lowest BCUT2D eigenvalue weighted by Crippen LogP contribution is -2.41. The van der Waals surface area contributed by atoms with Gasteiger partial charge in [0.1, 0.15) is 11.6 Å². The second-order valence-electron chi connectivity index (χ2n) is 7.78. The largest absolute Gasteiger partial charge is 0.356 e. The van der Waals surface area contributed by atoms with Crippen molar-refractivity contribution in [3.8, 4) is 0 Å². The summed E-state index contributed by atoms with van der Waals surface area (Å²) in [4.78, 5) is 23.5. The van der Waals surface area contributed by atoms with Crippen molar-refractivity contribution in [1.82, 2.24) is 15.3 Å². The summed E-state index contributed by atoms with van der Waals surface area (Å²) in [5, 5.41) is 6.75. The minimum absolute atomic E-state index is 0.0174. The van der Waals surface area contributed by atoms with E-state index in [2.05, 4.69) is 25.5 Å². The molecule has 2 heterocycles. The molecule has 3 aromatic rings. The number of hydrogen-bond donors (Lipinski definition) is 2. The first-order valence-electron chi connectivity index (χ1n) is 10.7. The average molecular weight is 454 g/mol. The summed E-state index contributed by atoms with van der Waals surface area (Å²) < 4.78 is 13.9. The number of hydrogen-bond acceptors (Lipinski definition) is 5. The standard InChI is InChI=1S/C24H25ClFN5O/c25-19-7-5-17(6-8-19)9-13-27-23(32)18-11-15-31(16-12-18)24-28-14-10-22(30-24)29-21-4-2-1-3-20(21)26/h1-8,10,14,18H,9,11-13,15-16H2,(H,27,32)(H,28,29,30). The molecule has 1 amide bonds. The third-order valence-electron chi connectivity index (χ3n) is 5.55.